The lowest BCUT2D eigenvalue weighted by atomic mass is 9.92. The Labute approximate surface area is 143 Å². The molecule has 0 saturated carbocycles. The second kappa shape index (κ2) is 6.85. The lowest BCUT2D eigenvalue weighted by Crippen LogP contribution is -2.38. The molecule has 0 bridgehead atoms. The zero-order valence-corrected chi connectivity index (χ0v) is 14.8. The van der Waals surface area contributed by atoms with Gasteiger partial charge in [-0.05, 0) is 30.5 Å². The molecular weight excluding hydrogens is 300 g/mol. The highest BCUT2D eigenvalue weighted by Gasteiger charge is 2.24. The molecule has 0 unspecified atom stereocenters. The third-order valence-electron chi connectivity index (χ3n) is 4.63. The average molecular weight is 326 g/mol. The molecule has 0 aliphatic carbocycles. The first kappa shape index (κ1) is 16.8. The monoisotopic (exact) mass is 326 g/mol. The number of hydrogen-bond acceptors (Lipinski definition) is 4. The summed E-state index contributed by atoms with van der Waals surface area (Å²) >= 11 is 0. The zero-order chi connectivity index (χ0) is 17.2. The van der Waals surface area contributed by atoms with Gasteiger partial charge in [0.15, 0.2) is 0 Å². The Kier molecular flexibility index (Phi) is 4.81. The van der Waals surface area contributed by atoms with Crippen LogP contribution >= 0.6 is 0 Å². The molecule has 24 heavy (non-hydrogen) atoms. The summed E-state index contributed by atoms with van der Waals surface area (Å²) in [7, 11) is 0. The van der Waals surface area contributed by atoms with Gasteiger partial charge in [-0.1, -0.05) is 26.8 Å². The Hall–Kier alpha value is -2.01. The van der Waals surface area contributed by atoms with E-state index in [-0.39, 0.29) is 17.0 Å². The minimum absolute atomic E-state index is 0.00806. The first-order chi connectivity index (χ1) is 11.4. The number of hydrogen-bond donors (Lipinski definition) is 0. The molecule has 1 aliphatic heterocycles. The summed E-state index contributed by atoms with van der Waals surface area (Å²) in [6, 6.07) is 7.80. The summed E-state index contributed by atoms with van der Waals surface area (Å²) in [6.45, 7) is 9.26. The second-order valence-corrected chi connectivity index (χ2v) is 7.62. The van der Waals surface area contributed by atoms with Gasteiger partial charge in [0.05, 0.1) is 11.7 Å². The minimum atomic E-state index is -0.0452. The Bertz CT molecular complexity index is 725. The Morgan fingerprint density at radius 3 is 2.54 bits per heavy atom. The molecule has 3 heterocycles. The molecule has 0 N–H and O–H groups in total. The molecule has 0 amide bonds. The Morgan fingerprint density at radius 2 is 1.92 bits per heavy atom. The summed E-state index contributed by atoms with van der Waals surface area (Å²) < 4.78 is 1.71. The molecule has 2 aromatic heterocycles. The molecule has 1 saturated heterocycles. The fraction of sp³-hybridized carbons (Fsp3) is 0.526. The first-order valence-corrected chi connectivity index (χ1v) is 8.65. The van der Waals surface area contributed by atoms with E-state index < -0.39 is 0 Å². The van der Waals surface area contributed by atoms with E-state index in [1.54, 1.807) is 16.9 Å². The van der Waals surface area contributed by atoms with E-state index in [2.05, 4.69) is 41.8 Å². The van der Waals surface area contributed by atoms with E-state index in [9.17, 15) is 4.79 Å². The van der Waals surface area contributed by atoms with E-state index in [1.807, 2.05) is 18.3 Å². The van der Waals surface area contributed by atoms with Gasteiger partial charge in [0.1, 0.15) is 0 Å². The van der Waals surface area contributed by atoms with Gasteiger partial charge in [-0.25, -0.2) is 4.68 Å². The van der Waals surface area contributed by atoms with Crippen LogP contribution in [0.3, 0.4) is 0 Å². The van der Waals surface area contributed by atoms with Crippen molar-refractivity contribution in [3.8, 4) is 0 Å². The lowest BCUT2D eigenvalue weighted by Gasteiger charge is -2.32. The van der Waals surface area contributed by atoms with Crippen LogP contribution in [0.2, 0.25) is 0 Å². The van der Waals surface area contributed by atoms with Crippen molar-refractivity contribution in [2.24, 2.45) is 0 Å². The minimum Gasteiger partial charge on any atom is -0.299 e. The number of pyridine rings is 1. The summed E-state index contributed by atoms with van der Waals surface area (Å²) in [5.74, 6) is 0. The van der Waals surface area contributed by atoms with Crippen LogP contribution in [0, 0.1) is 0 Å². The molecule has 0 aromatic carbocycles. The van der Waals surface area contributed by atoms with Crippen molar-refractivity contribution in [1.29, 1.82) is 0 Å². The van der Waals surface area contributed by atoms with Crippen molar-refractivity contribution in [2.75, 3.05) is 13.1 Å². The van der Waals surface area contributed by atoms with Gasteiger partial charge in [0.2, 0.25) is 0 Å². The SMILES string of the molecule is CC(C)(C)c1ccc(=O)n(C2CCN(Cc3cccnc3)CC2)n1. The standard InChI is InChI=1S/C19H26N4O/c1-19(2,3)17-6-7-18(24)23(21-17)16-8-11-22(12-9-16)14-15-5-4-10-20-13-15/h4-7,10,13,16H,8-9,11-12,14H2,1-3H3. The summed E-state index contributed by atoms with van der Waals surface area (Å²) in [5, 5.41) is 4.65. The fourth-order valence-corrected chi connectivity index (χ4v) is 3.16. The van der Waals surface area contributed by atoms with Gasteiger partial charge in [-0.2, -0.15) is 5.10 Å². The van der Waals surface area contributed by atoms with Crippen molar-refractivity contribution >= 4 is 0 Å². The third-order valence-corrected chi connectivity index (χ3v) is 4.63. The van der Waals surface area contributed by atoms with Gasteiger partial charge in [-0.3, -0.25) is 14.7 Å². The number of aromatic nitrogens is 3. The first-order valence-electron chi connectivity index (χ1n) is 8.65. The molecular formula is C19H26N4O. The van der Waals surface area contributed by atoms with Crippen LogP contribution in [-0.4, -0.2) is 32.8 Å². The smallest absolute Gasteiger partial charge is 0.267 e. The van der Waals surface area contributed by atoms with Crippen molar-refractivity contribution in [3.63, 3.8) is 0 Å². The van der Waals surface area contributed by atoms with Crippen LogP contribution in [0.5, 0.6) is 0 Å². The van der Waals surface area contributed by atoms with E-state index in [1.165, 1.54) is 5.56 Å². The van der Waals surface area contributed by atoms with Crippen molar-refractivity contribution in [3.05, 3.63) is 58.3 Å². The molecule has 5 nitrogen and oxygen atoms in total. The van der Waals surface area contributed by atoms with Gasteiger partial charge in [-0.15, -0.1) is 0 Å². The molecule has 2 aromatic rings. The van der Waals surface area contributed by atoms with Crippen LogP contribution < -0.4 is 5.56 Å². The van der Waals surface area contributed by atoms with Crippen LogP contribution in [0.25, 0.3) is 0 Å². The van der Waals surface area contributed by atoms with E-state index in [0.717, 1.165) is 38.2 Å². The van der Waals surface area contributed by atoms with E-state index in [4.69, 9.17) is 0 Å². The molecule has 0 atom stereocenters. The van der Waals surface area contributed by atoms with Crippen molar-refractivity contribution in [2.45, 2.75) is 51.6 Å². The van der Waals surface area contributed by atoms with E-state index >= 15 is 0 Å². The van der Waals surface area contributed by atoms with E-state index in [0.29, 0.717) is 0 Å². The topological polar surface area (TPSA) is 51.0 Å². The zero-order valence-electron chi connectivity index (χ0n) is 14.8. The van der Waals surface area contributed by atoms with Crippen molar-refractivity contribution in [1.82, 2.24) is 19.7 Å². The molecule has 0 spiro atoms. The maximum absolute atomic E-state index is 12.2. The van der Waals surface area contributed by atoms with Crippen molar-refractivity contribution < 1.29 is 0 Å². The van der Waals surface area contributed by atoms with Crippen LogP contribution in [0.4, 0.5) is 0 Å². The highest BCUT2D eigenvalue weighted by Crippen LogP contribution is 2.23. The predicted octanol–water partition coefficient (Wildman–Crippen LogP) is 2.77. The number of likely N-dealkylation sites (tertiary alicyclic amines) is 1. The van der Waals surface area contributed by atoms with Gasteiger partial charge in [0.25, 0.3) is 5.56 Å². The van der Waals surface area contributed by atoms with Gasteiger partial charge < -0.3 is 0 Å². The third kappa shape index (κ3) is 3.90. The quantitative estimate of drug-likeness (QED) is 0.870. The predicted molar refractivity (Wildman–Crippen MR) is 95.0 cm³/mol. The molecule has 1 fully saturated rings. The van der Waals surface area contributed by atoms with Crippen LogP contribution in [-0.2, 0) is 12.0 Å². The summed E-state index contributed by atoms with van der Waals surface area (Å²) in [4.78, 5) is 18.8. The highest BCUT2D eigenvalue weighted by molar-refractivity contribution is 5.11. The van der Waals surface area contributed by atoms with Gasteiger partial charge >= 0.3 is 0 Å². The van der Waals surface area contributed by atoms with Gasteiger partial charge in [0, 0.05) is 43.5 Å². The molecule has 1 aliphatic rings. The molecule has 3 rings (SSSR count). The lowest BCUT2D eigenvalue weighted by molar-refractivity contribution is 0.169. The average Bonchev–Trinajstić information content (AvgIpc) is 2.56. The maximum Gasteiger partial charge on any atom is 0.267 e. The fourth-order valence-electron chi connectivity index (χ4n) is 3.16. The Morgan fingerprint density at radius 1 is 1.17 bits per heavy atom. The molecule has 128 valence electrons. The molecule has 0 radical (unpaired) electrons. The Balaban J connectivity index is 1.67. The highest BCUT2D eigenvalue weighted by atomic mass is 16.1. The largest absolute Gasteiger partial charge is 0.299 e. The normalized spacial score (nSPS) is 17.1. The number of rotatable bonds is 3. The summed E-state index contributed by atoms with van der Waals surface area (Å²) in [5.41, 5.74) is 2.17. The molecule has 5 heteroatoms. The van der Waals surface area contributed by atoms with Crippen LogP contribution in [0.1, 0.15) is 50.9 Å². The second-order valence-electron chi connectivity index (χ2n) is 7.62. The number of piperidine rings is 1. The summed E-state index contributed by atoms with van der Waals surface area (Å²) in [6.07, 6.45) is 5.64. The maximum atomic E-state index is 12.2. The van der Waals surface area contributed by atoms with Crippen LogP contribution in [0.15, 0.2) is 41.5 Å². The number of nitrogens with zero attached hydrogens (tertiary/aromatic N) is 4.